The van der Waals surface area contributed by atoms with Crippen molar-refractivity contribution in [1.29, 1.82) is 0 Å². The Morgan fingerprint density at radius 3 is 3.26 bits per heavy atom. The van der Waals surface area contributed by atoms with Crippen LogP contribution in [0.3, 0.4) is 0 Å². The van der Waals surface area contributed by atoms with E-state index in [1.54, 1.807) is 0 Å². The molecule has 1 fully saturated rings. The first-order valence-corrected chi connectivity index (χ1v) is 7.02. The maximum absolute atomic E-state index is 5.88. The van der Waals surface area contributed by atoms with Crippen molar-refractivity contribution < 1.29 is 4.74 Å². The number of rotatable bonds is 3. The standard InChI is InChI=1S/C15H21N3O/c1-3-15(2)9-13(6-7-19-15)17-12-5-4-11-10-16-18-14(11)8-12/h4-5,8,10,13,17H,3,6-7,9H2,1-2H3,(H,16,18). The van der Waals surface area contributed by atoms with Crippen LogP contribution < -0.4 is 5.32 Å². The van der Waals surface area contributed by atoms with Gasteiger partial charge >= 0.3 is 0 Å². The molecule has 19 heavy (non-hydrogen) atoms. The lowest BCUT2D eigenvalue weighted by atomic mass is 9.90. The summed E-state index contributed by atoms with van der Waals surface area (Å²) < 4.78 is 5.88. The second kappa shape index (κ2) is 4.85. The molecule has 2 aromatic rings. The molecular formula is C15H21N3O. The predicted molar refractivity (Wildman–Crippen MR) is 77.4 cm³/mol. The summed E-state index contributed by atoms with van der Waals surface area (Å²) in [4.78, 5) is 0. The zero-order chi connectivity index (χ0) is 13.3. The van der Waals surface area contributed by atoms with E-state index in [1.807, 2.05) is 6.20 Å². The molecule has 4 heteroatoms. The lowest BCUT2D eigenvalue weighted by Crippen LogP contribution is -2.41. The number of nitrogens with zero attached hydrogens (tertiary/aromatic N) is 1. The Morgan fingerprint density at radius 1 is 1.53 bits per heavy atom. The third-order valence-electron chi connectivity index (χ3n) is 4.16. The molecule has 102 valence electrons. The molecule has 1 aliphatic heterocycles. The van der Waals surface area contributed by atoms with Crippen LogP contribution in [0.2, 0.25) is 0 Å². The minimum atomic E-state index is 0.0218. The van der Waals surface area contributed by atoms with Crippen molar-refractivity contribution in [3.8, 4) is 0 Å². The maximum atomic E-state index is 5.88. The minimum absolute atomic E-state index is 0.0218. The molecule has 0 saturated carbocycles. The number of H-pyrrole nitrogens is 1. The minimum Gasteiger partial charge on any atom is -0.382 e. The number of aromatic amines is 1. The van der Waals surface area contributed by atoms with E-state index in [9.17, 15) is 0 Å². The highest BCUT2D eigenvalue weighted by Crippen LogP contribution is 2.30. The van der Waals surface area contributed by atoms with Crippen LogP contribution in [0, 0.1) is 0 Å². The summed E-state index contributed by atoms with van der Waals surface area (Å²) in [5.41, 5.74) is 2.26. The van der Waals surface area contributed by atoms with E-state index in [4.69, 9.17) is 4.74 Å². The molecule has 0 radical (unpaired) electrons. The van der Waals surface area contributed by atoms with Crippen LogP contribution in [0.5, 0.6) is 0 Å². The molecule has 1 saturated heterocycles. The molecule has 2 N–H and O–H groups in total. The van der Waals surface area contributed by atoms with Gasteiger partial charge in [-0.3, -0.25) is 5.10 Å². The van der Waals surface area contributed by atoms with E-state index in [2.05, 4.69) is 47.6 Å². The van der Waals surface area contributed by atoms with Crippen LogP contribution in [0.1, 0.15) is 33.1 Å². The quantitative estimate of drug-likeness (QED) is 0.889. The number of benzene rings is 1. The lowest BCUT2D eigenvalue weighted by molar-refractivity contribution is -0.0708. The largest absolute Gasteiger partial charge is 0.382 e. The van der Waals surface area contributed by atoms with Gasteiger partial charge < -0.3 is 10.1 Å². The van der Waals surface area contributed by atoms with E-state index < -0.39 is 0 Å². The third kappa shape index (κ3) is 2.59. The number of aromatic nitrogens is 2. The number of ether oxygens (including phenoxy) is 1. The lowest BCUT2D eigenvalue weighted by Gasteiger charge is -2.38. The fraction of sp³-hybridized carbons (Fsp3) is 0.533. The molecule has 0 spiro atoms. The fourth-order valence-electron chi connectivity index (χ4n) is 2.76. The van der Waals surface area contributed by atoms with Crippen molar-refractivity contribution in [2.45, 2.75) is 44.8 Å². The van der Waals surface area contributed by atoms with Crippen LogP contribution in [-0.2, 0) is 4.74 Å². The molecule has 1 aliphatic rings. The molecule has 4 nitrogen and oxygen atoms in total. The highest BCUT2D eigenvalue weighted by molar-refractivity contribution is 5.81. The zero-order valence-corrected chi connectivity index (χ0v) is 11.6. The molecule has 2 unspecified atom stereocenters. The Balaban J connectivity index is 1.73. The van der Waals surface area contributed by atoms with Gasteiger partial charge in [-0.1, -0.05) is 6.92 Å². The van der Waals surface area contributed by atoms with Crippen molar-refractivity contribution >= 4 is 16.6 Å². The fourth-order valence-corrected chi connectivity index (χ4v) is 2.76. The SMILES string of the molecule is CCC1(C)CC(Nc2ccc3cn[nH]c3c2)CCO1. The zero-order valence-electron chi connectivity index (χ0n) is 11.6. The summed E-state index contributed by atoms with van der Waals surface area (Å²) in [5.74, 6) is 0. The third-order valence-corrected chi connectivity index (χ3v) is 4.16. The average Bonchev–Trinajstić information content (AvgIpc) is 2.86. The first kappa shape index (κ1) is 12.5. The van der Waals surface area contributed by atoms with Crippen molar-refractivity contribution in [2.24, 2.45) is 0 Å². The van der Waals surface area contributed by atoms with Gasteiger partial charge in [0.1, 0.15) is 0 Å². The normalized spacial score (nSPS) is 27.6. The molecule has 1 aromatic carbocycles. The molecule has 3 rings (SSSR count). The highest BCUT2D eigenvalue weighted by atomic mass is 16.5. The molecule has 1 aromatic heterocycles. The van der Waals surface area contributed by atoms with Crippen molar-refractivity contribution in [3.63, 3.8) is 0 Å². The van der Waals surface area contributed by atoms with Crippen LogP contribution in [0.4, 0.5) is 5.69 Å². The number of hydrogen-bond donors (Lipinski definition) is 2. The van der Waals surface area contributed by atoms with Crippen LogP contribution in [0.25, 0.3) is 10.9 Å². The maximum Gasteiger partial charge on any atom is 0.0671 e. The average molecular weight is 259 g/mol. The monoisotopic (exact) mass is 259 g/mol. The van der Waals surface area contributed by atoms with Crippen LogP contribution >= 0.6 is 0 Å². The van der Waals surface area contributed by atoms with Crippen molar-refractivity contribution in [1.82, 2.24) is 10.2 Å². The number of hydrogen-bond acceptors (Lipinski definition) is 3. The molecular weight excluding hydrogens is 238 g/mol. The van der Waals surface area contributed by atoms with Gasteiger partial charge in [0.2, 0.25) is 0 Å². The second-order valence-corrected chi connectivity index (χ2v) is 5.66. The van der Waals surface area contributed by atoms with Crippen molar-refractivity contribution in [2.75, 3.05) is 11.9 Å². The summed E-state index contributed by atoms with van der Waals surface area (Å²) in [7, 11) is 0. The number of anilines is 1. The van der Waals surface area contributed by atoms with Crippen LogP contribution in [-0.4, -0.2) is 28.4 Å². The van der Waals surface area contributed by atoms with E-state index in [0.29, 0.717) is 6.04 Å². The smallest absolute Gasteiger partial charge is 0.0671 e. The summed E-state index contributed by atoms with van der Waals surface area (Å²) in [6.07, 6.45) is 5.04. The first-order valence-electron chi connectivity index (χ1n) is 7.02. The molecule has 2 atom stereocenters. The Labute approximate surface area is 113 Å². The molecule has 2 heterocycles. The van der Waals surface area contributed by atoms with Gasteiger partial charge in [0.15, 0.2) is 0 Å². The van der Waals surface area contributed by atoms with Gasteiger partial charge in [0, 0.05) is 23.7 Å². The van der Waals surface area contributed by atoms with E-state index in [0.717, 1.165) is 42.5 Å². The van der Waals surface area contributed by atoms with E-state index in [-0.39, 0.29) is 5.60 Å². The Hall–Kier alpha value is -1.55. The second-order valence-electron chi connectivity index (χ2n) is 5.66. The Kier molecular flexibility index (Phi) is 3.19. The van der Waals surface area contributed by atoms with Gasteiger partial charge in [-0.05, 0) is 44.4 Å². The number of fused-ring (bicyclic) bond motifs is 1. The van der Waals surface area contributed by atoms with Gasteiger partial charge in [-0.2, -0.15) is 5.10 Å². The summed E-state index contributed by atoms with van der Waals surface area (Å²) in [6, 6.07) is 6.83. The Morgan fingerprint density at radius 2 is 2.42 bits per heavy atom. The first-order chi connectivity index (χ1) is 9.18. The molecule has 0 bridgehead atoms. The van der Waals surface area contributed by atoms with Crippen LogP contribution in [0.15, 0.2) is 24.4 Å². The molecule has 0 amide bonds. The van der Waals surface area contributed by atoms with Crippen molar-refractivity contribution in [3.05, 3.63) is 24.4 Å². The number of nitrogens with one attached hydrogen (secondary N) is 2. The topological polar surface area (TPSA) is 49.9 Å². The van der Waals surface area contributed by atoms with Gasteiger partial charge in [-0.15, -0.1) is 0 Å². The predicted octanol–water partition coefficient (Wildman–Crippen LogP) is 3.32. The highest BCUT2D eigenvalue weighted by Gasteiger charge is 2.31. The Bertz CT molecular complexity index is 565. The summed E-state index contributed by atoms with van der Waals surface area (Å²) >= 11 is 0. The summed E-state index contributed by atoms with van der Waals surface area (Å²) in [6.45, 7) is 5.24. The van der Waals surface area contributed by atoms with E-state index in [1.165, 1.54) is 0 Å². The summed E-state index contributed by atoms with van der Waals surface area (Å²) in [5, 5.41) is 11.8. The molecule has 0 aliphatic carbocycles. The van der Waals surface area contributed by atoms with Gasteiger partial charge in [-0.25, -0.2) is 0 Å². The van der Waals surface area contributed by atoms with Gasteiger partial charge in [0.25, 0.3) is 0 Å². The van der Waals surface area contributed by atoms with E-state index >= 15 is 0 Å². The van der Waals surface area contributed by atoms with Gasteiger partial charge in [0.05, 0.1) is 17.3 Å².